The molecule has 5 rings (SSSR count). The van der Waals surface area contributed by atoms with Crippen molar-refractivity contribution >= 4 is 34.4 Å². The Hall–Kier alpha value is -3.48. The topological polar surface area (TPSA) is 78.4 Å². The highest BCUT2D eigenvalue weighted by molar-refractivity contribution is 6.02. The number of carbonyl (C=O) groups is 2. The summed E-state index contributed by atoms with van der Waals surface area (Å²) < 4.78 is 0. The summed E-state index contributed by atoms with van der Waals surface area (Å²) in [5.74, 6) is 1.22. The highest BCUT2D eigenvalue weighted by atomic mass is 16.2. The fourth-order valence-electron chi connectivity index (χ4n) is 4.61. The zero-order chi connectivity index (χ0) is 21.9. The second-order valence-electron chi connectivity index (χ2n) is 8.52. The van der Waals surface area contributed by atoms with Crippen LogP contribution in [0.15, 0.2) is 54.7 Å². The maximum Gasteiger partial charge on any atom is 0.257 e. The minimum absolute atomic E-state index is 0.00809. The van der Waals surface area contributed by atoms with Gasteiger partial charge in [-0.1, -0.05) is 24.3 Å². The molecule has 0 saturated carbocycles. The second-order valence-corrected chi connectivity index (χ2v) is 8.52. The van der Waals surface area contributed by atoms with E-state index in [4.69, 9.17) is 4.98 Å². The van der Waals surface area contributed by atoms with Gasteiger partial charge in [-0.05, 0) is 49.9 Å². The van der Waals surface area contributed by atoms with Gasteiger partial charge in [0, 0.05) is 43.7 Å². The fraction of sp³-hybridized carbons (Fsp3) is 0.360. The Morgan fingerprint density at radius 1 is 0.938 bits per heavy atom. The summed E-state index contributed by atoms with van der Waals surface area (Å²) in [6.45, 7) is 2.99. The summed E-state index contributed by atoms with van der Waals surface area (Å²) in [6.07, 6.45) is 5.19. The van der Waals surface area contributed by atoms with Crippen molar-refractivity contribution in [1.82, 2.24) is 14.9 Å². The van der Waals surface area contributed by atoms with Crippen molar-refractivity contribution in [3.8, 4) is 0 Å². The van der Waals surface area contributed by atoms with Crippen molar-refractivity contribution in [2.45, 2.75) is 25.7 Å². The number of amides is 2. The molecule has 0 bridgehead atoms. The van der Waals surface area contributed by atoms with Crippen LogP contribution in [0.1, 0.15) is 36.0 Å². The first-order valence-corrected chi connectivity index (χ1v) is 11.3. The van der Waals surface area contributed by atoms with Gasteiger partial charge in [0.2, 0.25) is 5.91 Å². The number of fused-ring (bicyclic) bond motifs is 1. The van der Waals surface area contributed by atoms with Crippen LogP contribution in [0.25, 0.3) is 10.9 Å². The van der Waals surface area contributed by atoms with Gasteiger partial charge in [0.15, 0.2) is 0 Å². The van der Waals surface area contributed by atoms with E-state index < -0.39 is 0 Å². The molecule has 1 aromatic carbocycles. The van der Waals surface area contributed by atoms with Gasteiger partial charge in [0.25, 0.3) is 5.91 Å². The van der Waals surface area contributed by atoms with Crippen LogP contribution in [0.5, 0.6) is 0 Å². The maximum absolute atomic E-state index is 13.5. The lowest BCUT2D eigenvalue weighted by atomic mass is 9.95. The van der Waals surface area contributed by atoms with Gasteiger partial charge >= 0.3 is 0 Å². The number of benzene rings is 1. The first kappa shape index (κ1) is 20.4. The maximum atomic E-state index is 13.5. The molecule has 1 N–H and O–H groups in total. The molecule has 2 aromatic heterocycles. The van der Waals surface area contributed by atoms with E-state index in [2.05, 4.69) is 15.2 Å². The Morgan fingerprint density at radius 2 is 1.69 bits per heavy atom. The largest absolute Gasteiger partial charge is 0.356 e. The average molecular weight is 430 g/mol. The van der Waals surface area contributed by atoms with Gasteiger partial charge in [-0.15, -0.1) is 0 Å². The molecule has 2 fully saturated rings. The minimum Gasteiger partial charge on any atom is -0.356 e. The van der Waals surface area contributed by atoms with E-state index in [1.54, 1.807) is 12.3 Å². The van der Waals surface area contributed by atoms with Crippen LogP contribution in [0.3, 0.4) is 0 Å². The third-order valence-corrected chi connectivity index (χ3v) is 6.41. The van der Waals surface area contributed by atoms with Gasteiger partial charge in [-0.25, -0.2) is 9.97 Å². The third-order valence-electron chi connectivity index (χ3n) is 6.41. The summed E-state index contributed by atoms with van der Waals surface area (Å²) in [6, 6.07) is 15.4. The van der Waals surface area contributed by atoms with Crippen LogP contribution >= 0.6 is 0 Å². The van der Waals surface area contributed by atoms with Crippen LogP contribution in [0, 0.1) is 5.92 Å². The van der Waals surface area contributed by atoms with Gasteiger partial charge in [-0.2, -0.15) is 0 Å². The Bertz CT molecular complexity index is 1120. The van der Waals surface area contributed by atoms with Crippen molar-refractivity contribution in [3.63, 3.8) is 0 Å². The Morgan fingerprint density at radius 3 is 2.44 bits per heavy atom. The van der Waals surface area contributed by atoms with Crippen molar-refractivity contribution in [3.05, 3.63) is 60.3 Å². The standard InChI is InChI=1S/C25H27N5O2/c31-24(28-22-9-3-4-12-26-22)18-10-15-30(16-11-18)25(32)20-17-19-7-1-2-8-21(19)27-23(20)29-13-5-6-14-29/h1-4,7-9,12,17-18H,5-6,10-11,13-16H2,(H,26,28,31). The highest BCUT2D eigenvalue weighted by Gasteiger charge is 2.30. The number of anilines is 2. The molecule has 32 heavy (non-hydrogen) atoms. The number of hydrogen-bond donors (Lipinski definition) is 1. The molecule has 7 nitrogen and oxygen atoms in total. The number of nitrogens with one attached hydrogen (secondary N) is 1. The lowest BCUT2D eigenvalue weighted by molar-refractivity contribution is -0.121. The molecule has 4 heterocycles. The lowest BCUT2D eigenvalue weighted by Crippen LogP contribution is -2.42. The zero-order valence-electron chi connectivity index (χ0n) is 18.0. The van der Waals surface area contributed by atoms with E-state index in [1.807, 2.05) is 47.4 Å². The van der Waals surface area contributed by atoms with Crippen molar-refractivity contribution < 1.29 is 9.59 Å². The molecule has 0 spiro atoms. The number of rotatable bonds is 4. The molecule has 0 unspecified atom stereocenters. The molecule has 3 aromatic rings. The average Bonchev–Trinajstić information content (AvgIpc) is 3.38. The molecule has 2 saturated heterocycles. The first-order valence-electron chi connectivity index (χ1n) is 11.3. The number of likely N-dealkylation sites (tertiary alicyclic amines) is 1. The van der Waals surface area contributed by atoms with E-state index in [0.717, 1.165) is 42.7 Å². The predicted octanol–water partition coefficient (Wildman–Crippen LogP) is 3.72. The van der Waals surface area contributed by atoms with E-state index in [1.165, 1.54) is 0 Å². The van der Waals surface area contributed by atoms with E-state index >= 15 is 0 Å². The summed E-state index contributed by atoms with van der Waals surface area (Å²) in [5.41, 5.74) is 1.58. The molecular formula is C25H27N5O2. The number of pyridine rings is 2. The van der Waals surface area contributed by atoms with Gasteiger partial charge in [0.1, 0.15) is 11.6 Å². The zero-order valence-corrected chi connectivity index (χ0v) is 18.0. The van der Waals surface area contributed by atoms with Crippen molar-refractivity contribution in [1.29, 1.82) is 0 Å². The summed E-state index contributed by atoms with van der Waals surface area (Å²) in [5, 5.41) is 3.86. The number of piperidine rings is 1. The van der Waals surface area contributed by atoms with Crippen molar-refractivity contribution in [2.75, 3.05) is 36.4 Å². The van der Waals surface area contributed by atoms with Crippen LogP contribution in [-0.2, 0) is 4.79 Å². The normalized spacial score (nSPS) is 17.0. The monoisotopic (exact) mass is 429 g/mol. The summed E-state index contributed by atoms with van der Waals surface area (Å²) >= 11 is 0. The number of aromatic nitrogens is 2. The van der Waals surface area contributed by atoms with Gasteiger partial charge in [-0.3, -0.25) is 9.59 Å². The highest BCUT2D eigenvalue weighted by Crippen LogP contribution is 2.29. The SMILES string of the molecule is O=C(Nc1ccccn1)C1CCN(C(=O)c2cc3ccccc3nc2N2CCCC2)CC1. The summed E-state index contributed by atoms with van der Waals surface area (Å²) in [4.78, 5) is 39.3. The Labute approximate surface area is 187 Å². The molecule has 2 amide bonds. The fourth-order valence-corrected chi connectivity index (χ4v) is 4.61. The molecule has 164 valence electrons. The minimum atomic E-state index is -0.117. The predicted molar refractivity (Wildman–Crippen MR) is 125 cm³/mol. The Balaban J connectivity index is 1.31. The molecule has 2 aliphatic rings. The molecule has 0 radical (unpaired) electrons. The van der Waals surface area contributed by atoms with Crippen molar-refractivity contribution in [2.24, 2.45) is 5.92 Å². The molecular weight excluding hydrogens is 402 g/mol. The molecule has 2 aliphatic heterocycles. The number of hydrogen-bond acceptors (Lipinski definition) is 5. The number of nitrogens with zero attached hydrogens (tertiary/aromatic N) is 4. The number of carbonyl (C=O) groups excluding carboxylic acids is 2. The smallest absolute Gasteiger partial charge is 0.257 e. The van der Waals surface area contributed by atoms with Crippen LogP contribution in [-0.4, -0.2) is 52.9 Å². The van der Waals surface area contributed by atoms with Crippen LogP contribution in [0.4, 0.5) is 11.6 Å². The number of para-hydroxylation sites is 1. The molecule has 7 heteroatoms. The Kier molecular flexibility index (Phi) is 5.71. The summed E-state index contributed by atoms with van der Waals surface area (Å²) in [7, 11) is 0. The lowest BCUT2D eigenvalue weighted by Gasteiger charge is -2.32. The van der Waals surface area contributed by atoms with Crippen LogP contribution < -0.4 is 10.2 Å². The van der Waals surface area contributed by atoms with E-state index in [9.17, 15) is 9.59 Å². The van der Waals surface area contributed by atoms with E-state index in [0.29, 0.717) is 37.3 Å². The van der Waals surface area contributed by atoms with Gasteiger partial charge < -0.3 is 15.1 Å². The van der Waals surface area contributed by atoms with Crippen LogP contribution in [0.2, 0.25) is 0 Å². The first-order chi connectivity index (χ1) is 15.7. The molecule has 0 aliphatic carbocycles. The van der Waals surface area contributed by atoms with E-state index in [-0.39, 0.29) is 17.7 Å². The molecule has 0 atom stereocenters. The second kappa shape index (κ2) is 8.94. The van der Waals surface area contributed by atoms with Gasteiger partial charge in [0.05, 0.1) is 11.1 Å². The third kappa shape index (κ3) is 4.15. The quantitative estimate of drug-likeness (QED) is 0.684.